The van der Waals surface area contributed by atoms with E-state index in [1.54, 1.807) is 0 Å². The molecule has 2 N–H and O–H groups in total. The molecule has 0 atom stereocenters. The second-order valence-electron chi connectivity index (χ2n) is 2.60. The van der Waals surface area contributed by atoms with Gasteiger partial charge in [-0.1, -0.05) is 0 Å². The van der Waals surface area contributed by atoms with Gasteiger partial charge in [0.15, 0.2) is 0 Å². The highest BCUT2D eigenvalue weighted by atomic mass is 19.1. The third-order valence-electron chi connectivity index (χ3n) is 1.16. The maximum Gasteiger partial charge on any atom is 0.332 e. The Bertz CT molecular complexity index is 181. The van der Waals surface area contributed by atoms with Gasteiger partial charge in [-0.25, -0.2) is 9.18 Å². The Morgan fingerprint density at radius 1 is 1.64 bits per heavy atom. The van der Waals surface area contributed by atoms with E-state index in [9.17, 15) is 9.18 Å². The second kappa shape index (κ2) is 3.37. The van der Waals surface area contributed by atoms with Gasteiger partial charge in [0, 0.05) is 6.08 Å². The lowest BCUT2D eigenvalue weighted by molar-refractivity contribution is -0.135. The highest BCUT2D eigenvalue weighted by Gasteiger charge is 2.19. The first-order chi connectivity index (χ1) is 4.88. The zero-order valence-electron chi connectivity index (χ0n) is 6.85. The van der Waals surface area contributed by atoms with E-state index in [0.29, 0.717) is 0 Å². The summed E-state index contributed by atoms with van der Waals surface area (Å²) in [5.41, 5.74) is 3.41. The summed E-state index contributed by atoms with van der Waals surface area (Å²) in [4.78, 5) is 10.5. The molecule has 0 saturated heterocycles. The number of methoxy groups -OCH3 is 1. The average molecular weight is 161 g/mol. The van der Waals surface area contributed by atoms with Gasteiger partial charge in [0.25, 0.3) is 0 Å². The molecule has 0 bridgehead atoms. The quantitative estimate of drug-likeness (QED) is 0.480. The third kappa shape index (κ3) is 3.60. The molecule has 64 valence electrons. The number of alkyl halides is 1. The van der Waals surface area contributed by atoms with Crippen LogP contribution in [0.1, 0.15) is 13.8 Å². The smallest absolute Gasteiger partial charge is 0.332 e. The van der Waals surface area contributed by atoms with E-state index in [-0.39, 0.29) is 5.70 Å². The molecule has 0 aromatic heterocycles. The van der Waals surface area contributed by atoms with Crippen LogP contribution >= 0.6 is 0 Å². The molecular weight excluding hydrogens is 149 g/mol. The first-order valence-electron chi connectivity index (χ1n) is 3.12. The molecule has 0 spiro atoms. The second-order valence-corrected chi connectivity index (χ2v) is 2.60. The lowest BCUT2D eigenvalue weighted by Crippen LogP contribution is -2.23. The summed E-state index contributed by atoms with van der Waals surface area (Å²) in [6.45, 7) is 2.53. The Hall–Kier alpha value is -1.06. The molecule has 0 aliphatic heterocycles. The third-order valence-corrected chi connectivity index (χ3v) is 1.16. The largest absolute Gasteiger partial charge is 0.466 e. The van der Waals surface area contributed by atoms with E-state index in [2.05, 4.69) is 4.74 Å². The molecule has 3 nitrogen and oxygen atoms in total. The van der Waals surface area contributed by atoms with Crippen LogP contribution in [-0.2, 0) is 9.53 Å². The Morgan fingerprint density at radius 3 is 2.36 bits per heavy atom. The number of hydrogen-bond acceptors (Lipinski definition) is 3. The molecule has 0 radical (unpaired) electrons. The van der Waals surface area contributed by atoms with E-state index >= 15 is 0 Å². The zero-order valence-corrected chi connectivity index (χ0v) is 6.85. The monoisotopic (exact) mass is 161 g/mol. The van der Waals surface area contributed by atoms with E-state index in [0.717, 1.165) is 6.08 Å². The van der Waals surface area contributed by atoms with E-state index in [1.165, 1.54) is 21.0 Å². The number of nitrogens with two attached hydrogens (primary N) is 1. The van der Waals surface area contributed by atoms with Gasteiger partial charge in [0.05, 0.1) is 12.8 Å². The van der Waals surface area contributed by atoms with Gasteiger partial charge in [0.1, 0.15) is 5.67 Å². The topological polar surface area (TPSA) is 52.3 Å². The minimum atomic E-state index is -1.67. The first kappa shape index (κ1) is 9.94. The fourth-order valence-electron chi connectivity index (χ4n) is 0.358. The van der Waals surface area contributed by atoms with Crippen molar-refractivity contribution in [2.45, 2.75) is 19.5 Å². The molecule has 4 heteroatoms. The van der Waals surface area contributed by atoms with Gasteiger partial charge in [0.2, 0.25) is 0 Å². The normalized spacial score (nSPS) is 12.9. The number of carbonyl (C=O) groups excluding carboxylic acids is 1. The van der Waals surface area contributed by atoms with Crippen molar-refractivity contribution in [3.8, 4) is 0 Å². The molecule has 0 aromatic carbocycles. The molecule has 0 aromatic rings. The van der Waals surface area contributed by atoms with E-state index in [4.69, 9.17) is 5.73 Å². The summed E-state index contributed by atoms with van der Waals surface area (Å²) in [6, 6.07) is 0. The van der Waals surface area contributed by atoms with Crippen molar-refractivity contribution in [3.05, 3.63) is 11.8 Å². The minimum absolute atomic E-state index is 0.135. The van der Waals surface area contributed by atoms with Crippen molar-refractivity contribution in [2.75, 3.05) is 7.11 Å². The maximum absolute atomic E-state index is 12.9. The summed E-state index contributed by atoms with van der Waals surface area (Å²) in [5, 5.41) is 0. The molecule has 0 aliphatic carbocycles. The van der Waals surface area contributed by atoms with E-state index < -0.39 is 11.6 Å². The SMILES string of the molecule is COC(=O)C=C(N)C(C)(C)F. The lowest BCUT2D eigenvalue weighted by atomic mass is 10.1. The lowest BCUT2D eigenvalue weighted by Gasteiger charge is -2.13. The van der Waals surface area contributed by atoms with Crippen LogP contribution in [0.3, 0.4) is 0 Å². The van der Waals surface area contributed by atoms with Crippen LogP contribution in [-0.4, -0.2) is 18.7 Å². The van der Waals surface area contributed by atoms with Gasteiger partial charge < -0.3 is 10.5 Å². The molecule has 0 rings (SSSR count). The molecule has 11 heavy (non-hydrogen) atoms. The fraction of sp³-hybridized carbons (Fsp3) is 0.571. The minimum Gasteiger partial charge on any atom is -0.466 e. The Kier molecular flexibility index (Phi) is 3.04. The summed E-state index contributed by atoms with van der Waals surface area (Å²) in [6.07, 6.45) is 0.931. The summed E-state index contributed by atoms with van der Waals surface area (Å²) in [5.74, 6) is -0.645. The molecule has 0 aliphatic rings. The number of esters is 1. The molecule has 0 fully saturated rings. The van der Waals surface area contributed by atoms with Crippen molar-refractivity contribution in [2.24, 2.45) is 5.73 Å². The van der Waals surface area contributed by atoms with Crippen LogP contribution in [0.25, 0.3) is 0 Å². The summed E-state index contributed by atoms with van der Waals surface area (Å²) in [7, 11) is 1.21. The van der Waals surface area contributed by atoms with Gasteiger partial charge in [-0.3, -0.25) is 0 Å². The van der Waals surface area contributed by atoms with Crippen molar-refractivity contribution in [1.82, 2.24) is 0 Å². The fourth-order valence-corrected chi connectivity index (χ4v) is 0.358. The van der Waals surface area contributed by atoms with Crippen molar-refractivity contribution in [3.63, 3.8) is 0 Å². The predicted molar refractivity (Wildman–Crippen MR) is 39.5 cm³/mol. The average Bonchev–Trinajstić information content (AvgIpc) is 1.85. The highest BCUT2D eigenvalue weighted by Crippen LogP contribution is 2.15. The van der Waals surface area contributed by atoms with E-state index in [1.807, 2.05) is 0 Å². The number of hydrogen-bond donors (Lipinski definition) is 1. The van der Waals surface area contributed by atoms with Crippen LogP contribution in [0.2, 0.25) is 0 Å². The molecular formula is C7H12FNO2. The number of ether oxygens (including phenoxy) is 1. The van der Waals surface area contributed by atoms with Crippen molar-refractivity contribution < 1.29 is 13.9 Å². The Labute approximate surface area is 65.0 Å². The first-order valence-corrected chi connectivity index (χ1v) is 3.12. The van der Waals surface area contributed by atoms with Gasteiger partial charge in [-0.05, 0) is 13.8 Å². The number of carbonyl (C=O) groups is 1. The number of allylic oxidation sites excluding steroid dienone is 1. The van der Waals surface area contributed by atoms with Gasteiger partial charge in [-0.2, -0.15) is 0 Å². The Morgan fingerprint density at radius 2 is 2.09 bits per heavy atom. The Balaban J connectivity index is 4.35. The summed E-state index contributed by atoms with van der Waals surface area (Å²) >= 11 is 0. The van der Waals surface area contributed by atoms with Crippen LogP contribution < -0.4 is 5.73 Å². The van der Waals surface area contributed by atoms with Crippen LogP contribution in [0.4, 0.5) is 4.39 Å². The predicted octanol–water partition coefficient (Wildman–Crippen LogP) is 0.750. The molecule has 0 amide bonds. The van der Waals surface area contributed by atoms with Gasteiger partial charge in [-0.15, -0.1) is 0 Å². The van der Waals surface area contributed by atoms with Crippen molar-refractivity contribution >= 4 is 5.97 Å². The van der Waals surface area contributed by atoms with Crippen molar-refractivity contribution in [1.29, 1.82) is 0 Å². The standard InChI is InChI=1S/C7H12FNO2/c1-7(2,8)5(9)4-6(10)11-3/h4H,9H2,1-3H3. The number of rotatable bonds is 2. The van der Waals surface area contributed by atoms with Gasteiger partial charge >= 0.3 is 5.97 Å². The van der Waals surface area contributed by atoms with Crippen LogP contribution in [0.5, 0.6) is 0 Å². The van der Waals surface area contributed by atoms with Crippen LogP contribution in [0, 0.1) is 0 Å². The molecule has 0 saturated carbocycles. The summed E-state index contributed by atoms with van der Waals surface area (Å²) < 4.78 is 17.1. The molecule has 0 unspecified atom stereocenters. The maximum atomic E-state index is 12.9. The molecule has 0 heterocycles. The van der Waals surface area contributed by atoms with Crippen LogP contribution in [0.15, 0.2) is 11.8 Å². The zero-order chi connectivity index (χ0) is 9.07. The highest BCUT2D eigenvalue weighted by molar-refractivity contribution is 5.82. The number of halogens is 1.